The molecular weight excluding hydrogens is 473 g/mol. The molecule has 1 amide bonds. The smallest absolute Gasteiger partial charge is 0.255 e. The summed E-state index contributed by atoms with van der Waals surface area (Å²) >= 11 is 0. The topological polar surface area (TPSA) is 173 Å². The molecule has 0 radical (unpaired) electrons. The molecule has 3 aliphatic carbocycles. The number of likely N-dealkylation sites (N-methyl/N-ethyl adjacent to an activating group) is 1. The van der Waals surface area contributed by atoms with Crippen molar-refractivity contribution in [1.82, 2.24) is 10.2 Å². The molecule has 4 atom stereocenters. The number of phenols is 1. The molecule has 3 aliphatic rings. The molecule has 0 aliphatic heterocycles. The number of hydrogen-bond acceptors (Lipinski definition) is 9. The van der Waals surface area contributed by atoms with Gasteiger partial charge in [-0.15, -0.1) is 0 Å². The van der Waals surface area contributed by atoms with Gasteiger partial charge in [0.1, 0.15) is 28.7 Å². The second-order valence-corrected chi connectivity index (χ2v) is 10.2. The van der Waals surface area contributed by atoms with Crippen molar-refractivity contribution in [2.75, 3.05) is 14.1 Å². The first-order valence-corrected chi connectivity index (χ1v) is 11.6. The van der Waals surface area contributed by atoms with Gasteiger partial charge in [-0.3, -0.25) is 19.3 Å². The maximum absolute atomic E-state index is 15.5. The first-order valence-electron chi connectivity index (χ1n) is 11.6. The van der Waals surface area contributed by atoms with Crippen molar-refractivity contribution < 1.29 is 39.2 Å². The summed E-state index contributed by atoms with van der Waals surface area (Å²) < 4.78 is 15.5. The van der Waals surface area contributed by atoms with Gasteiger partial charge in [-0.25, -0.2) is 4.39 Å². The Morgan fingerprint density at radius 2 is 1.92 bits per heavy atom. The normalized spacial score (nSPS) is 27.9. The Labute approximate surface area is 206 Å². The van der Waals surface area contributed by atoms with E-state index in [0.29, 0.717) is 0 Å². The number of benzene rings is 1. The van der Waals surface area contributed by atoms with Crippen molar-refractivity contribution in [3.63, 3.8) is 0 Å². The molecule has 194 valence electrons. The first-order chi connectivity index (χ1) is 16.7. The fourth-order valence-corrected chi connectivity index (χ4v) is 5.79. The number of carbonyl (C=O) groups is 3. The second kappa shape index (κ2) is 8.68. The van der Waals surface area contributed by atoms with Crippen molar-refractivity contribution in [1.29, 1.82) is 0 Å². The summed E-state index contributed by atoms with van der Waals surface area (Å²) in [6.45, 7) is 3.89. The van der Waals surface area contributed by atoms with Crippen LogP contribution in [-0.4, -0.2) is 74.6 Å². The van der Waals surface area contributed by atoms with Crippen molar-refractivity contribution in [2.45, 2.75) is 50.9 Å². The Hall–Kier alpha value is -3.28. The van der Waals surface area contributed by atoms with E-state index in [1.807, 2.05) is 13.8 Å². The summed E-state index contributed by atoms with van der Waals surface area (Å²) in [6, 6.07) is 0.0197. The Morgan fingerprint density at radius 1 is 1.28 bits per heavy atom. The molecule has 11 heteroatoms. The Kier molecular flexibility index (Phi) is 6.22. The molecule has 10 nitrogen and oxygen atoms in total. The number of nitrogens with zero attached hydrogens (tertiary/aromatic N) is 1. The number of aliphatic hydroxyl groups is 3. The van der Waals surface area contributed by atoms with Crippen LogP contribution in [0.3, 0.4) is 0 Å². The van der Waals surface area contributed by atoms with Crippen LogP contribution in [-0.2, 0) is 27.3 Å². The fourth-order valence-electron chi connectivity index (χ4n) is 5.79. The Morgan fingerprint density at radius 3 is 2.47 bits per heavy atom. The van der Waals surface area contributed by atoms with Crippen LogP contribution in [0.4, 0.5) is 4.39 Å². The molecule has 0 heterocycles. The lowest BCUT2D eigenvalue weighted by molar-refractivity contribution is -0.153. The van der Waals surface area contributed by atoms with Gasteiger partial charge in [-0.05, 0) is 38.9 Å². The molecule has 1 fully saturated rings. The summed E-state index contributed by atoms with van der Waals surface area (Å²) in [5.41, 5.74) is 1.30. The van der Waals surface area contributed by atoms with Crippen molar-refractivity contribution in [3.05, 3.63) is 45.5 Å². The third-order valence-electron chi connectivity index (χ3n) is 7.43. The van der Waals surface area contributed by atoms with Gasteiger partial charge in [0.2, 0.25) is 5.78 Å². The highest BCUT2D eigenvalue weighted by molar-refractivity contribution is 6.24. The highest BCUT2D eigenvalue weighted by Crippen LogP contribution is 2.53. The van der Waals surface area contributed by atoms with E-state index in [9.17, 15) is 34.8 Å². The van der Waals surface area contributed by atoms with Gasteiger partial charge in [0.05, 0.1) is 11.6 Å². The number of aromatic hydroxyl groups is 1. The van der Waals surface area contributed by atoms with E-state index >= 15 is 4.39 Å². The fraction of sp³-hybridized carbons (Fsp3) is 0.480. The molecule has 0 aromatic heterocycles. The lowest BCUT2D eigenvalue weighted by Gasteiger charge is -2.50. The van der Waals surface area contributed by atoms with E-state index < -0.39 is 69.6 Å². The van der Waals surface area contributed by atoms with Crippen LogP contribution < -0.4 is 11.1 Å². The van der Waals surface area contributed by atoms with Gasteiger partial charge < -0.3 is 31.5 Å². The highest BCUT2D eigenvalue weighted by Gasteiger charge is 2.64. The lowest BCUT2D eigenvalue weighted by atomic mass is 9.57. The quantitative estimate of drug-likeness (QED) is 0.315. The maximum Gasteiger partial charge on any atom is 0.255 e. The number of amides is 1. The summed E-state index contributed by atoms with van der Waals surface area (Å²) in [5, 5.41) is 47.1. The number of ketones is 2. The van der Waals surface area contributed by atoms with Gasteiger partial charge in [0.15, 0.2) is 11.4 Å². The first kappa shape index (κ1) is 25.8. The maximum atomic E-state index is 15.5. The van der Waals surface area contributed by atoms with Crippen molar-refractivity contribution in [2.24, 2.45) is 17.6 Å². The number of nitrogens with two attached hydrogens (primary N) is 1. The number of Topliss-reactive ketones (excluding diaryl/α,β-unsaturated/α-hetero) is 2. The summed E-state index contributed by atoms with van der Waals surface area (Å²) in [6.07, 6.45) is -0.191. The van der Waals surface area contributed by atoms with E-state index in [1.54, 1.807) is 0 Å². The van der Waals surface area contributed by atoms with Crippen LogP contribution in [0.15, 0.2) is 23.0 Å². The van der Waals surface area contributed by atoms with Gasteiger partial charge in [0, 0.05) is 35.2 Å². The van der Waals surface area contributed by atoms with Gasteiger partial charge in [-0.1, -0.05) is 13.8 Å². The van der Waals surface area contributed by atoms with Crippen LogP contribution in [0.25, 0.3) is 5.76 Å². The monoisotopic (exact) mass is 503 g/mol. The van der Waals surface area contributed by atoms with E-state index in [4.69, 9.17) is 5.73 Å². The summed E-state index contributed by atoms with van der Waals surface area (Å²) in [7, 11) is 3.03. The predicted octanol–water partition coefficient (Wildman–Crippen LogP) is 0.601. The number of nitrogens with one attached hydrogen (secondary N) is 1. The van der Waals surface area contributed by atoms with Gasteiger partial charge >= 0.3 is 0 Å². The molecular formula is C25H30FN3O7. The minimum Gasteiger partial charge on any atom is -0.508 e. The average Bonchev–Trinajstić information content (AvgIpc) is 2.77. The number of phenolic OH excluding ortho intramolecular Hbond substituents is 1. The van der Waals surface area contributed by atoms with E-state index in [2.05, 4.69) is 5.32 Å². The minimum atomic E-state index is -2.72. The summed E-state index contributed by atoms with van der Waals surface area (Å²) in [5.74, 6) is -8.28. The number of aliphatic hydroxyl groups excluding tert-OH is 2. The molecule has 36 heavy (non-hydrogen) atoms. The van der Waals surface area contributed by atoms with Gasteiger partial charge in [0.25, 0.3) is 5.91 Å². The van der Waals surface area contributed by atoms with E-state index in [1.165, 1.54) is 19.0 Å². The zero-order valence-electron chi connectivity index (χ0n) is 20.4. The number of rotatable bonds is 5. The highest BCUT2D eigenvalue weighted by atomic mass is 19.1. The molecule has 1 aromatic rings. The predicted molar refractivity (Wildman–Crippen MR) is 126 cm³/mol. The Balaban J connectivity index is 1.91. The van der Waals surface area contributed by atoms with Crippen LogP contribution in [0, 0.1) is 17.7 Å². The average molecular weight is 504 g/mol. The SMILES string of the molecule is CC(C)NCc1cc(O)c2c(c1F)C[C@H]1C[C@H]3[C@H](N(C)C)C(=O)C(C(N)=O)=C(O)[C@@]3(O)C(=O)C1=C2O. The second-order valence-electron chi connectivity index (χ2n) is 10.2. The molecule has 7 N–H and O–H groups in total. The van der Waals surface area contributed by atoms with Crippen molar-refractivity contribution >= 4 is 23.2 Å². The molecule has 0 saturated heterocycles. The number of carbonyl (C=O) groups excluding carboxylic acids is 3. The van der Waals surface area contributed by atoms with Crippen LogP contribution in [0.2, 0.25) is 0 Å². The number of hydrogen-bond donors (Lipinski definition) is 6. The third-order valence-corrected chi connectivity index (χ3v) is 7.43. The van der Waals surface area contributed by atoms with Crippen LogP contribution >= 0.6 is 0 Å². The molecule has 1 saturated carbocycles. The molecule has 0 spiro atoms. The molecule has 1 aromatic carbocycles. The zero-order valence-corrected chi connectivity index (χ0v) is 20.4. The lowest BCUT2D eigenvalue weighted by Crippen LogP contribution is -2.65. The van der Waals surface area contributed by atoms with E-state index in [0.717, 1.165) is 6.07 Å². The van der Waals surface area contributed by atoms with Crippen LogP contribution in [0.5, 0.6) is 5.75 Å². The Bertz CT molecular complexity index is 1250. The molecule has 0 bridgehead atoms. The minimum absolute atomic E-state index is 0.0150. The van der Waals surface area contributed by atoms with Crippen LogP contribution in [0.1, 0.15) is 37.0 Å². The number of halogens is 1. The zero-order chi connectivity index (χ0) is 26.9. The molecule has 4 rings (SSSR count). The molecule has 0 unspecified atom stereocenters. The van der Waals surface area contributed by atoms with Gasteiger partial charge in [-0.2, -0.15) is 0 Å². The largest absolute Gasteiger partial charge is 0.508 e. The van der Waals surface area contributed by atoms with E-state index in [-0.39, 0.29) is 47.7 Å². The standard InChI is InChI=1S/C25H30FN3O7/c1-9(2)28-8-11-7-14(30)16-12(18(11)26)5-10-6-13-19(29(3)4)21(32)17(24(27)35)23(34)25(13,36)22(33)15(10)20(16)31/h7,9-10,13,19,28,30-31,34,36H,5-6,8H2,1-4H3,(H2,27,35)/t10-,13-,19-,25-/m0/s1. The summed E-state index contributed by atoms with van der Waals surface area (Å²) in [4.78, 5) is 40.2. The third kappa shape index (κ3) is 3.53. The number of primary amides is 1. The number of fused-ring (bicyclic) bond motifs is 3. The van der Waals surface area contributed by atoms with Crippen molar-refractivity contribution in [3.8, 4) is 5.75 Å².